The Labute approximate surface area is 376 Å². The molecule has 6 rings (SSSR count). The first-order chi connectivity index (χ1) is 31.6. The van der Waals surface area contributed by atoms with Crippen LogP contribution in [0.15, 0.2) is 127 Å². The number of rotatable bonds is 16. The minimum atomic E-state index is -1.42. The lowest BCUT2D eigenvalue weighted by molar-refractivity contribution is -0.118. The molecule has 66 heavy (non-hydrogen) atoms. The number of phenols is 3. The van der Waals surface area contributed by atoms with Gasteiger partial charge in [0.05, 0.1) is 31.2 Å². The zero-order chi connectivity index (χ0) is 47.5. The van der Waals surface area contributed by atoms with Gasteiger partial charge < -0.3 is 56.5 Å². The van der Waals surface area contributed by atoms with Crippen LogP contribution in [0.4, 0.5) is 22.7 Å². The fourth-order valence-electron chi connectivity index (χ4n) is 6.45. The summed E-state index contributed by atoms with van der Waals surface area (Å²) in [6, 6.07) is 25.5. The molecule has 5 amide bonds. The standard InChI is InChI=1S/C48H42N6O12/c1-26(23-27-6-16-33(55)17-7-27)43(58)50-31-12-8-30(9-13-31)45(60)54-38(24-28-5-4-22-49-25-28)47(62)51-32-14-10-29(11-15-32)44(59)52-36-20-18-34(39(56)41(36)65-2)46(61)53-37-21-19-35(48(63)64)40(57)42(37)66-3/h4-23,25,38,55-57H,24H2,1-3H3,(H,50,58)(H,51,62)(H,52,59)(H,53,61)(H,54,60)(H,63,64)/b26-23+/t38-/m0/s1. The van der Waals surface area contributed by atoms with Crippen molar-refractivity contribution in [2.24, 2.45) is 0 Å². The van der Waals surface area contributed by atoms with E-state index in [-0.39, 0.29) is 57.6 Å². The van der Waals surface area contributed by atoms with Gasteiger partial charge in [0.15, 0.2) is 23.0 Å². The van der Waals surface area contributed by atoms with Crippen LogP contribution in [-0.4, -0.2) is 81.2 Å². The number of aromatic nitrogens is 1. The average Bonchev–Trinajstić information content (AvgIpc) is 3.30. The fraction of sp³-hybridized carbons (Fsp3) is 0.104. The van der Waals surface area contributed by atoms with Crippen LogP contribution >= 0.6 is 0 Å². The molecule has 9 N–H and O–H groups in total. The molecule has 0 aliphatic heterocycles. The molecule has 0 saturated heterocycles. The van der Waals surface area contributed by atoms with Crippen molar-refractivity contribution in [3.8, 4) is 28.7 Å². The number of nitrogens with zero attached hydrogens (tertiary/aromatic N) is 1. The lowest BCUT2D eigenvalue weighted by Gasteiger charge is -2.19. The average molecular weight is 895 g/mol. The smallest absolute Gasteiger partial charge is 0.339 e. The molecule has 5 aromatic carbocycles. The molecular formula is C48H42N6O12. The number of methoxy groups -OCH3 is 2. The third-order valence-electron chi connectivity index (χ3n) is 9.88. The predicted octanol–water partition coefficient (Wildman–Crippen LogP) is 6.44. The Morgan fingerprint density at radius 2 is 1.18 bits per heavy atom. The lowest BCUT2D eigenvalue weighted by Crippen LogP contribution is -2.45. The van der Waals surface area contributed by atoms with Crippen molar-refractivity contribution in [3.05, 3.63) is 161 Å². The van der Waals surface area contributed by atoms with Crippen LogP contribution in [0.1, 0.15) is 59.5 Å². The number of aromatic carboxylic acids is 1. The molecule has 0 fully saturated rings. The summed E-state index contributed by atoms with van der Waals surface area (Å²) >= 11 is 0. The summed E-state index contributed by atoms with van der Waals surface area (Å²) in [4.78, 5) is 82.0. The fourth-order valence-corrected chi connectivity index (χ4v) is 6.45. The summed E-state index contributed by atoms with van der Waals surface area (Å²) in [5, 5.41) is 53.5. The Hall–Kier alpha value is -9.19. The van der Waals surface area contributed by atoms with E-state index in [1.54, 1.807) is 61.8 Å². The van der Waals surface area contributed by atoms with E-state index in [2.05, 4.69) is 31.6 Å². The van der Waals surface area contributed by atoms with Crippen molar-refractivity contribution in [1.82, 2.24) is 10.3 Å². The van der Waals surface area contributed by atoms with Gasteiger partial charge in [-0.1, -0.05) is 18.2 Å². The Balaban J connectivity index is 1.09. The maximum absolute atomic E-state index is 13.7. The van der Waals surface area contributed by atoms with Crippen LogP contribution in [0, 0.1) is 0 Å². The van der Waals surface area contributed by atoms with Crippen molar-refractivity contribution in [1.29, 1.82) is 0 Å². The number of anilines is 4. The Morgan fingerprint density at radius 1 is 0.636 bits per heavy atom. The number of carbonyl (C=O) groups is 6. The molecule has 0 bridgehead atoms. The molecule has 18 heteroatoms. The monoisotopic (exact) mass is 894 g/mol. The Kier molecular flexibility index (Phi) is 14.6. The second kappa shape index (κ2) is 20.8. The van der Waals surface area contributed by atoms with Crippen molar-refractivity contribution >= 4 is 64.3 Å². The van der Waals surface area contributed by atoms with Gasteiger partial charge in [-0.25, -0.2) is 4.79 Å². The predicted molar refractivity (Wildman–Crippen MR) is 243 cm³/mol. The van der Waals surface area contributed by atoms with Crippen molar-refractivity contribution in [2.45, 2.75) is 19.4 Å². The Bertz CT molecular complexity index is 2830. The minimum Gasteiger partial charge on any atom is -0.508 e. The molecule has 336 valence electrons. The first-order valence-corrected chi connectivity index (χ1v) is 19.8. The van der Waals surface area contributed by atoms with Gasteiger partial charge >= 0.3 is 5.97 Å². The number of carbonyl (C=O) groups excluding carboxylic acids is 5. The highest BCUT2D eigenvalue weighted by molar-refractivity contribution is 6.11. The number of benzene rings is 5. The summed E-state index contributed by atoms with van der Waals surface area (Å²) in [7, 11) is 2.37. The second-order valence-corrected chi connectivity index (χ2v) is 14.4. The molecule has 1 heterocycles. The van der Waals surface area contributed by atoms with Crippen LogP contribution < -0.4 is 36.1 Å². The van der Waals surface area contributed by atoms with Gasteiger partial charge in [0, 0.05) is 46.9 Å². The Morgan fingerprint density at radius 3 is 1.74 bits per heavy atom. The highest BCUT2D eigenvalue weighted by Gasteiger charge is 2.25. The molecule has 1 atom stereocenters. The number of ether oxygens (including phenoxy) is 2. The number of hydrogen-bond donors (Lipinski definition) is 9. The number of hydrogen-bond acceptors (Lipinski definition) is 12. The molecule has 6 aromatic rings. The highest BCUT2D eigenvalue weighted by atomic mass is 16.5. The summed E-state index contributed by atoms with van der Waals surface area (Å²) < 4.78 is 10.4. The zero-order valence-corrected chi connectivity index (χ0v) is 35.4. The topological polar surface area (TPSA) is 275 Å². The number of carboxylic acid groups (broad SMARTS) is 1. The van der Waals surface area contributed by atoms with E-state index in [1.165, 1.54) is 80.9 Å². The SMILES string of the molecule is COc1c(NC(=O)c2ccc(NC(=O)c3ccc(NC(=O)[C@H](Cc4cccnc4)NC(=O)c4ccc(NC(=O)/C(C)=C/c5ccc(O)cc5)cc4)cc3)c(OC)c2O)ccc(C(=O)O)c1O. The van der Waals surface area contributed by atoms with Crippen LogP contribution in [0.25, 0.3) is 6.08 Å². The summed E-state index contributed by atoms with van der Waals surface area (Å²) in [6.45, 7) is 1.64. The van der Waals surface area contributed by atoms with Gasteiger partial charge in [-0.15, -0.1) is 0 Å². The molecule has 0 saturated carbocycles. The van der Waals surface area contributed by atoms with E-state index >= 15 is 0 Å². The molecule has 18 nitrogen and oxygen atoms in total. The normalized spacial score (nSPS) is 11.3. The van der Waals surface area contributed by atoms with Crippen LogP contribution in [0.5, 0.6) is 28.7 Å². The quantitative estimate of drug-likeness (QED) is 0.0474. The number of carboxylic acids is 1. The van der Waals surface area contributed by atoms with Gasteiger partial charge in [-0.05, 0) is 115 Å². The van der Waals surface area contributed by atoms with E-state index in [0.717, 1.165) is 11.6 Å². The van der Waals surface area contributed by atoms with E-state index in [4.69, 9.17) is 9.47 Å². The van der Waals surface area contributed by atoms with Crippen LogP contribution in [0.2, 0.25) is 0 Å². The van der Waals surface area contributed by atoms with Gasteiger partial charge in [0.25, 0.3) is 23.6 Å². The number of amides is 5. The summed E-state index contributed by atoms with van der Waals surface area (Å²) in [6.07, 6.45) is 4.89. The molecule has 0 aliphatic carbocycles. The zero-order valence-electron chi connectivity index (χ0n) is 35.4. The summed E-state index contributed by atoms with van der Waals surface area (Å²) in [5.74, 6) is -6.27. The molecule has 0 radical (unpaired) electrons. The summed E-state index contributed by atoms with van der Waals surface area (Å²) in [5.41, 5.74) is 2.05. The molecular weight excluding hydrogens is 853 g/mol. The van der Waals surface area contributed by atoms with Gasteiger partial charge in [-0.3, -0.25) is 29.0 Å². The lowest BCUT2D eigenvalue weighted by atomic mass is 10.1. The van der Waals surface area contributed by atoms with E-state index in [9.17, 15) is 49.2 Å². The highest BCUT2D eigenvalue weighted by Crippen LogP contribution is 2.40. The molecule has 0 spiro atoms. The first-order valence-electron chi connectivity index (χ1n) is 19.8. The maximum Gasteiger partial charge on any atom is 0.339 e. The van der Waals surface area contributed by atoms with Crippen molar-refractivity contribution in [2.75, 3.05) is 35.5 Å². The third-order valence-corrected chi connectivity index (χ3v) is 9.88. The van der Waals surface area contributed by atoms with E-state index in [1.807, 2.05) is 0 Å². The molecule has 0 aliphatic rings. The van der Waals surface area contributed by atoms with E-state index in [0.29, 0.717) is 22.5 Å². The van der Waals surface area contributed by atoms with Gasteiger partial charge in [0.2, 0.25) is 5.91 Å². The first kappa shape index (κ1) is 46.3. The second-order valence-electron chi connectivity index (χ2n) is 14.4. The van der Waals surface area contributed by atoms with E-state index < -0.39 is 52.7 Å². The van der Waals surface area contributed by atoms with Crippen molar-refractivity contribution in [3.63, 3.8) is 0 Å². The largest absolute Gasteiger partial charge is 0.508 e. The number of nitrogens with one attached hydrogen (secondary N) is 5. The van der Waals surface area contributed by atoms with Crippen molar-refractivity contribution < 1.29 is 58.7 Å². The van der Waals surface area contributed by atoms with Crippen LogP contribution in [0.3, 0.4) is 0 Å². The van der Waals surface area contributed by atoms with Gasteiger partial charge in [-0.2, -0.15) is 0 Å². The van der Waals surface area contributed by atoms with Gasteiger partial charge in [0.1, 0.15) is 17.4 Å². The number of phenolic OH excluding ortho intramolecular Hbond substituents is 2. The molecule has 1 aromatic heterocycles. The third kappa shape index (κ3) is 11.2. The minimum absolute atomic E-state index is 0.00225. The molecule has 0 unspecified atom stereocenters. The number of pyridine rings is 1. The van der Waals surface area contributed by atoms with Crippen LogP contribution in [-0.2, 0) is 16.0 Å². The number of aromatic hydroxyl groups is 3. The maximum atomic E-state index is 13.7.